The zero-order valence-electron chi connectivity index (χ0n) is 9.21. The second-order valence-corrected chi connectivity index (χ2v) is 3.62. The highest BCUT2D eigenvalue weighted by molar-refractivity contribution is 7.09. The Hall–Kier alpha value is -0.550. The van der Waals surface area contributed by atoms with Crippen LogP contribution in [0.2, 0.25) is 0 Å². The zero-order valence-corrected chi connectivity index (χ0v) is 10.4. The van der Waals surface area contributed by atoms with Crippen LogP contribution in [0.4, 0.5) is 0 Å². The molecule has 1 heterocycles. The van der Waals surface area contributed by atoms with Crippen molar-refractivity contribution in [1.29, 1.82) is 0 Å². The van der Waals surface area contributed by atoms with E-state index in [1.165, 1.54) is 0 Å². The number of hydrogen-bond acceptors (Lipinski definition) is 5. The van der Waals surface area contributed by atoms with Gasteiger partial charge in [0, 0.05) is 15.7 Å². The van der Waals surface area contributed by atoms with E-state index in [0.29, 0.717) is 26.4 Å². The number of nitrogens with zero attached hydrogens (tertiary/aromatic N) is 3. The van der Waals surface area contributed by atoms with E-state index < -0.39 is 0 Å². The second-order valence-electron chi connectivity index (χ2n) is 3.28. The van der Waals surface area contributed by atoms with Gasteiger partial charge in [-0.1, -0.05) is 5.21 Å². The van der Waals surface area contributed by atoms with E-state index >= 15 is 0 Å². The van der Waals surface area contributed by atoms with Crippen molar-refractivity contribution in [3.63, 3.8) is 0 Å². The van der Waals surface area contributed by atoms with Gasteiger partial charge in [-0.25, -0.2) is 4.68 Å². The smallest absolute Gasteiger partial charge is 0.0828 e. The zero-order chi connectivity index (χ0) is 11.6. The van der Waals surface area contributed by atoms with Gasteiger partial charge in [0.2, 0.25) is 0 Å². The molecule has 92 valence electrons. The summed E-state index contributed by atoms with van der Waals surface area (Å²) < 4.78 is 11.8. The summed E-state index contributed by atoms with van der Waals surface area (Å²) in [6, 6.07) is 0. The molecular weight excluding hydrogens is 229 g/mol. The molecule has 1 aromatic rings. The maximum absolute atomic E-state index is 8.51. The van der Waals surface area contributed by atoms with E-state index in [2.05, 4.69) is 19.8 Å². The first-order valence-electron chi connectivity index (χ1n) is 5.26. The Bertz CT molecular complexity index is 283. The molecule has 0 saturated carbocycles. The van der Waals surface area contributed by atoms with E-state index in [9.17, 15) is 0 Å². The third-order valence-electron chi connectivity index (χ3n) is 1.98. The SMILES string of the molecule is OCCOCCn1cc(CCCOP)nn1. The Kier molecular flexibility index (Phi) is 7.25. The molecule has 0 fully saturated rings. The molecule has 1 aromatic heterocycles. The maximum Gasteiger partial charge on any atom is 0.0828 e. The van der Waals surface area contributed by atoms with Gasteiger partial charge >= 0.3 is 0 Å². The van der Waals surface area contributed by atoms with E-state index in [4.69, 9.17) is 14.4 Å². The van der Waals surface area contributed by atoms with Crippen molar-refractivity contribution < 1.29 is 14.4 Å². The standard InChI is InChI=1S/C9H18N3O3P/c13-4-7-14-6-3-12-8-9(10-11-12)2-1-5-15-16/h8,13H,1-7,16H2. The van der Waals surface area contributed by atoms with E-state index in [1.54, 1.807) is 4.68 Å². The summed E-state index contributed by atoms with van der Waals surface area (Å²) >= 11 is 0. The van der Waals surface area contributed by atoms with Gasteiger partial charge in [0.1, 0.15) is 0 Å². The van der Waals surface area contributed by atoms with E-state index in [0.717, 1.165) is 18.5 Å². The second kappa shape index (κ2) is 8.58. The lowest BCUT2D eigenvalue weighted by Crippen LogP contribution is -2.08. The molecule has 1 unspecified atom stereocenters. The van der Waals surface area contributed by atoms with Gasteiger partial charge in [-0.15, -0.1) is 5.10 Å². The molecule has 0 aliphatic heterocycles. The average molecular weight is 247 g/mol. The number of rotatable bonds is 9. The predicted octanol–water partition coefficient (Wildman–Crippen LogP) is 0.0263. The van der Waals surface area contributed by atoms with Gasteiger partial charge in [0.15, 0.2) is 0 Å². The summed E-state index contributed by atoms with van der Waals surface area (Å²) in [4.78, 5) is 0. The molecule has 1 atom stereocenters. The summed E-state index contributed by atoms with van der Waals surface area (Å²) in [7, 11) is 2.23. The van der Waals surface area contributed by atoms with Gasteiger partial charge < -0.3 is 14.4 Å². The Labute approximate surface area is 97.2 Å². The molecule has 0 bridgehead atoms. The summed E-state index contributed by atoms with van der Waals surface area (Å²) in [6.45, 7) is 2.33. The highest BCUT2D eigenvalue weighted by atomic mass is 31.0. The highest BCUT2D eigenvalue weighted by Gasteiger charge is 2.00. The first kappa shape index (κ1) is 13.5. The van der Waals surface area contributed by atoms with Crippen LogP contribution in [0.15, 0.2) is 6.20 Å². The van der Waals surface area contributed by atoms with Crippen LogP contribution in [0.5, 0.6) is 0 Å². The predicted molar refractivity (Wildman–Crippen MR) is 61.9 cm³/mol. The monoisotopic (exact) mass is 247 g/mol. The minimum Gasteiger partial charge on any atom is -0.394 e. The highest BCUT2D eigenvalue weighted by Crippen LogP contribution is 1.99. The minimum absolute atomic E-state index is 0.0532. The Morgan fingerprint density at radius 1 is 1.38 bits per heavy atom. The average Bonchev–Trinajstić information content (AvgIpc) is 2.73. The fraction of sp³-hybridized carbons (Fsp3) is 0.778. The number of aromatic nitrogens is 3. The van der Waals surface area contributed by atoms with Crippen LogP contribution in [0.3, 0.4) is 0 Å². The molecule has 0 spiro atoms. The van der Waals surface area contributed by atoms with Crippen molar-refractivity contribution in [1.82, 2.24) is 15.0 Å². The molecule has 6 nitrogen and oxygen atoms in total. The molecule has 0 radical (unpaired) electrons. The summed E-state index contributed by atoms with van der Waals surface area (Å²) in [5.74, 6) is 0. The van der Waals surface area contributed by atoms with E-state index in [1.807, 2.05) is 6.20 Å². The van der Waals surface area contributed by atoms with Crippen LogP contribution in [0.25, 0.3) is 0 Å². The summed E-state index contributed by atoms with van der Waals surface area (Å²) in [6.07, 6.45) is 3.71. The van der Waals surface area contributed by atoms with Gasteiger partial charge in [0.25, 0.3) is 0 Å². The number of aliphatic hydroxyl groups excluding tert-OH is 1. The number of aliphatic hydroxyl groups is 1. The lowest BCUT2D eigenvalue weighted by molar-refractivity contribution is 0.0851. The van der Waals surface area contributed by atoms with Crippen LogP contribution < -0.4 is 0 Å². The molecule has 16 heavy (non-hydrogen) atoms. The molecule has 1 N–H and O–H groups in total. The number of hydrogen-bond donors (Lipinski definition) is 1. The van der Waals surface area contributed by atoms with Crippen LogP contribution >= 0.6 is 9.47 Å². The molecule has 0 amide bonds. The molecule has 0 aliphatic rings. The quantitative estimate of drug-likeness (QED) is 0.492. The fourth-order valence-corrected chi connectivity index (χ4v) is 1.39. The normalized spacial score (nSPS) is 10.9. The van der Waals surface area contributed by atoms with Crippen molar-refractivity contribution in [3.8, 4) is 0 Å². The van der Waals surface area contributed by atoms with Crippen molar-refractivity contribution in [2.45, 2.75) is 19.4 Å². The fourth-order valence-electron chi connectivity index (χ4n) is 1.22. The number of aryl methyl sites for hydroxylation is 1. The van der Waals surface area contributed by atoms with Gasteiger partial charge in [-0.05, 0) is 12.8 Å². The van der Waals surface area contributed by atoms with Gasteiger partial charge in [-0.2, -0.15) is 0 Å². The van der Waals surface area contributed by atoms with Gasteiger partial charge in [0.05, 0.1) is 38.7 Å². The topological polar surface area (TPSA) is 69.4 Å². The lowest BCUT2D eigenvalue weighted by Gasteiger charge is -2.00. The van der Waals surface area contributed by atoms with Crippen molar-refractivity contribution >= 4 is 9.47 Å². The van der Waals surface area contributed by atoms with Crippen molar-refractivity contribution in [2.75, 3.05) is 26.4 Å². The van der Waals surface area contributed by atoms with Gasteiger partial charge in [-0.3, -0.25) is 0 Å². The third kappa shape index (κ3) is 5.51. The Morgan fingerprint density at radius 2 is 2.25 bits per heavy atom. The molecule has 7 heteroatoms. The van der Waals surface area contributed by atoms with Crippen LogP contribution in [-0.2, 0) is 22.2 Å². The minimum atomic E-state index is 0.0532. The van der Waals surface area contributed by atoms with Crippen molar-refractivity contribution in [2.24, 2.45) is 0 Å². The lowest BCUT2D eigenvalue weighted by atomic mass is 10.3. The summed E-state index contributed by atoms with van der Waals surface area (Å²) in [5, 5.41) is 16.5. The van der Waals surface area contributed by atoms with Crippen LogP contribution in [0.1, 0.15) is 12.1 Å². The van der Waals surface area contributed by atoms with Crippen LogP contribution in [-0.4, -0.2) is 46.5 Å². The Morgan fingerprint density at radius 3 is 3.00 bits per heavy atom. The largest absolute Gasteiger partial charge is 0.394 e. The Balaban J connectivity index is 2.17. The molecule has 1 rings (SSSR count). The molecule has 0 aromatic carbocycles. The number of ether oxygens (including phenoxy) is 1. The van der Waals surface area contributed by atoms with E-state index in [-0.39, 0.29) is 6.61 Å². The van der Waals surface area contributed by atoms with Crippen LogP contribution in [0, 0.1) is 0 Å². The first-order chi connectivity index (χ1) is 7.86. The molecule has 0 aliphatic carbocycles. The molecular formula is C9H18N3O3P. The molecule has 0 saturated heterocycles. The van der Waals surface area contributed by atoms with Crippen molar-refractivity contribution in [3.05, 3.63) is 11.9 Å². The third-order valence-corrected chi connectivity index (χ3v) is 2.22. The summed E-state index contributed by atoms with van der Waals surface area (Å²) in [5.41, 5.74) is 0.962. The first-order valence-corrected chi connectivity index (χ1v) is 5.73. The maximum atomic E-state index is 8.51.